The van der Waals surface area contributed by atoms with Crippen LogP contribution in [0, 0.1) is 0 Å². The van der Waals surface area contributed by atoms with Crippen molar-refractivity contribution >= 4 is 33.1 Å². The average Bonchev–Trinajstić information content (AvgIpc) is 3.09. The molecule has 3 heterocycles. The van der Waals surface area contributed by atoms with Gasteiger partial charge < -0.3 is 15.5 Å². The zero-order chi connectivity index (χ0) is 17.4. The van der Waals surface area contributed by atoms with E-state index in [-0.39, 0.29) is 5.91 Å². The second kappa shape index (κ2) is 6.46. The molecule has 1 amide bonds. The lowest BCUT2D eigenvalue weighted by Crippen LogP contribution is -2.47. The molecule has 3 aromatic rings. The molecule has 128 valence electrons. The Balaban J connectivity index is 1.78. The molecule has 0 saturated carbocycles. The number of nitrogens with two attached hydrogens (primary N) is 1. The lowest BCUT2D eigenvalue weighted by atomic mass is 10.0. The molecular formula is C19H20N4OS. The maximum absolute atomic E-state index is 13.0. The zero-order valence-corrected chi connectivity index (χ0v) is 14.9. The summed E-state index contributed by atoms with van der Waals surface area (Å²) in [5, 5.41) is 2.95. The average molecular weight is 352 g/mol. The number of fused-ring (bicyclic) bond motifs is 1. The third kappa shape index (κ3) is 2.88. The van der Waals surface area contributed by atoms with Gasteiger partial charge in [0, 0.05) is 43.3 Å². The minimum atomic E-state index is 0.0482. The standard InChI is InChI=1S/C19H20N4OS/c1-22-7-9-23(10-8-22)19(24)14-11-21-18(20)16-15(12-25-17(14)16)13-5-3-2-4-6-13/h2-6,11-12H,7-10H2,1H3,(H2,20,21). The lowest BCUT2D eigenvalue weighted by molar-refractivity contribution is 0.0666. The summed E-state index contributed by atoms with van der Waals surface area (Å²) in [6.45, 7) is 3.30. The highest BCUT2D eigenvalue weighted by Crippen LogP contribution is 2.38. The number of aromatic nitrogens is 1. The highest BCUT2D eigenvalue weighted by Gasteiger charge is 2.24. The van der Waals surface area contributed by atoms with E-state index in [1.165, 1.54) is 0 Å². The van der Waals surface area contributed by atoms with E-state index in [1.807, 2.05) is 23.1 Å². The fourth-order valence-corrected chi connectivity index (χ4v) is 4.32. The number of nitrogens with zero attached hydrogens (tertiary/aromatic N) is 3. The number of hydrogen-bond acceptors (Lipinski definition) is 5. The van der Waals surface area contributed by atoms with E-state index in [0.29, 0.717) is 11.4 Å². The minimum absolute atomic E-state index is 0.0482. The van der Waals surface area contributed by atoms with Crippen LogP contribution < -0.4 is 5.73 Å². The lowest BCUT2D eigenvalue weighted by Gasteiger charge is -2.32. The molecule has 2 N–H and O–H groups in total. The van der Waals surface area contributed by atoms with E-state index in [9.17, 15) is 4.79 Å². The maximum atomic E-state index is 13.0. The van der Waals surface area contributed by atoms with Gasteiger partial charge in [0.05, 0.1) is 10.3 Å². The van der Waals surface area contributed by atoms with Crippen LogP contribution in [-0.2, 0) is 0 Å². The van der Waals surface area contributed by atoms with E-state index in [0.717, 1.165) is 47.4 Å². The molecule has 0 unspecified atom stereocenters. The number of piperazine rings is 1. The van der Waals surface area contributed by atoms with E-state index >= 15 is 0 Å². The van der Waals surface area contributed by atoms with Gasteiger partial charge in [-0.25, -0.2) is 4.98 Å². The van der Waals surface area contributed by atoms with Crippen LogP contribution >= 0.6 is 11.3 Å². The number of rotatable bonds is 2. The molecule has 5 nitrogen and oxygen atoms in total. The second-order valence-electron chi connectivity index (χ2n) is 6.37. The van der Waals surface area contributed by atoms with Crippen LogP contribution in [0.25, 0.3) is 21.2 Å². The van der Waals surface area contributed by atoms with Crippen molar-refractivity contribution in [2.45, 2.75) is 0 Å². The summed E-state index contributed by atoms with van der Waals surface area (Å²) in [6.07, 6.45) is 1.63. The Labute approximate surface area is 150 Å². The van der Waals surface area contributed by atoms with Crippen molar-refractivity contribution in [2.75, 3.05) is 39.0 Å². The molecule has 1 aliphatic heterocycles. The number of anilines is 1. The molecule has 1 aliphatic rings. The van der Waals surface area contributed by atoms with Crippen LogP contribution in [0.15, 0.2) is 41.9 Å². The van der Waals surface area contributed by atoms with Crippen LogP contribution in [0.4, 0.5) is 5.82 Å². The van der Waals surface area contributed by atoms with Crippen LogP contribution in [-0.4, -0.2) is 53.9 Å². The molecule has 0 atom stereocenters. The van der Waals surface area contributed by atoms with Gasteiger partial charge in [-0.1, -0.05) is 30.3 Å². The van der Waals surface area contributed by atoms with Gasteiger partial charge in [0.2, 0.25) is 0 Å². The Hall–Kier alpha value is -2.44. The zero-order valence-electron chi connectivity index (χ0n) is 14.1. The van der Waals surface area contributed by atoms with E-state index in [2.05, 4.69) is 34.4 Å². The highest BCUT2D eigenvalue weighted by molar-refractivity contribution is 7.18. The quantitative estimate of drug-likeness (QED) is 0.770. The van der Waals surface area contributed by atoms with Crippen molar-refractivity contribution in [3.05, 3.63) is 47.5 Å². The number of hydrogen-bond donors (Lipinski definition) is 1. The van der Waals surface area contributed by atoms with Gasteiger partial charge in [-0.15, -0.1) is 11.3 Å². The van der Waals surface area contributed by atoms with Gasteiger partial charge in [-0.05, 0) is 18.0 Å². The molecular weight excluding hydrogens is 332 g/mol. The topological polar surface area (TPSA) is 62.5 Å². The first-order chi connectivity index (χ1) is 12.1. The summed E-state index contributed by atoms with van der Waals surface area (Å²) in [6, 6.07) is 10.1. The molecule has 0 radical (unpaired) electrons. The van der Waals surface area contributed by atoms with Gasteiger partial charge in [-0.2, -0.15) is 0 Å². The number of likely N-dealkylation sites (N-methyl/N-ethyl adjacent to an activating group) is 1. The Bertz CT molecular complexity index is 914. The SMILES string of the molecule is CN1CCN(C(=O)c2cnc(N)c3c(-c4ccccc4)csc23)CC1. The second-order valence-corrected chi connectivity index (χ2v) is 7.25. The number of carbonyl (C=O) groups is 1. The van der Waals surface area contributed by atoms with E-state index in [1.54, 1.807) is 17.5 Å². The van der Waals surface area contributed by atoms with E-state index in [4.69, 9.17) is 5.73 Å². The number of nitrogen functional groups attached to an aromatic ring is 1. The van der Waals surface area contributed by atoms with Crippen LogP contribution in [0.3, 0.4) is 0 Å². The summed E-state index contributed by atoms with van der Waals surface area (Å²) in [7, 11) is 2.08. The summed E-state index contributed by atoms with van der Waals surface area (Å²) in [4.78, 5) is 21.5. The van der Waals surface area contributed by atoms with Crippen molar-refractivity contribution in [1.82, 2.24) is 14.8 Å². The monoisotopic (exact) mass is 352 g/mol. The maximum Gasteiger partial charge on any atom is 0.256 e. The number of carbonyl (C=O) groups excluding carboxylic acids is 1. The minimum Gasteiger partial charge on any atom is -0.383 e. The third-order valence-corrected chi connectivity index (χ3v) is 5.74. The third-order valence-electron chi connectivity index (χ3n) is 4.73. The van der Waals surface area contributed by atoms with Crippen LogP contribution in [0.2, 0.25) is 0 Å². The highest BCUT2D eigenvalue weighted by atomic mass is 32.1. The van der Waals surface area contributed by atoms with Gasteiger partial charge in [0.1, 0.15) is 5.82 Å². The van der Waals surface area contributed by atoms with Crippen molar-refractivity contribution in [2.24, 2.45) is 0 Å². The number of thiophene rings is 1. The summed E-state index contributed by atoms with van der Waals surface area (Å²) in [5.41, 5.74) is 8.95. The fourth-order valence-electron chi connectivity index (χ4n) is 3.23. The normalized spacial score (nSPS) is 15.6. The van der Waals surface area contributed by atoms with Gasteiger partial charge in [0.25, 0.3) is 5.91 Å². The molecule has 1 saturated heterocycles. The predicted molar refractivity (Wildman–Crippen MR) is 103 cm³/mol. The number of pyridine rings is 1. The first-order valence-corrected chi connectivity index (χ1v) is 9.22. The van der Waals surface area contributed by atoms with Crippen molar-refractivity contribution in [3.8, 4) is 11.1 Å². The molecule has 1 aromatic carbocycles. The Kier molecular flexibility index (Phi) is 4.15. The number of amides is 1. The molecule has 2 aromatic heterocycles. The summed E-state index contributed by atoms with van der Waals surface area (Å²) in [5.74, 6) is 0.525. The van der Waals surface area contributed by atoms with Crippen LogP contribution in [0.5, 0.6) is 0 Å². The van der Waals surface area contributed by atoms with Gasteiger partial charge >= 0.3 is 0 Å². The van der Waals surface area contributed by atoms with Crippen molar-refractivity contribution in [1.29, 1.82) is 0 Å². The molecule has 6 heteroatoms. The molecule has 25 heavy (non-hydrogen) atoms. The first kappa shape index (κ1) is 16.1. The molecule has 0 aliphatic carbocycles. The first-order valence-electron chi connectivity index (χ1n) is 8.34. The van der Waals surface area contributed by atoms with E-state index < -0.39 is 0 Å². The molecule has 0 bridgehead atoms. The Morgan fingerprint density at radius 1 is 1.16 bits per heavy atom. The predicted octanol–water partition coefficient (Wildman–Crippen LogP) is 2.93. The Morgan fingerprint density at radius 3 is 2.60 bits per heavy atom. The smallest absolute Gasteiger partial charge is 0.256 e. The van der Waals surface area contributed by atoms with Crippen molar-refractivity contribution in [3.63, 3.8) is 0 Å². The fraction of sp³-hybridized carbons (Fsp3) is 0.263. The van der Waals surface area contributed by atoms with Crippen molar-refractivity contribution < 1.29 is 4.79 Å². The van der Waals surface area contributed by atoms with Gasteiger partial charge in [-0.3, -0.25) is 4.79 Å². The molecule has 4 rings (SSSR count). The largest absolute Gasteiger partial charge is 0.383 e. The van der Waals surface area contributed by atoms with Gasteiger partial charge in [0.15, 0.2) is 0 Å². The summed E-state index contributed by atoms with van der Waals surface area (Å²) >= 11 is 1.56. The molecule has 0 spiro atoms. The summed E-state index contributed by atoms with van der Waals surface area (Å²) < 4.78 is 0.926. The van der Waals surface area contributed by atoms with Crippen LogP contribution in [0.1, 0.15) is 10.4 Å². The number of benzene rings is 1. The molecule has 1 fully saturated rings. The Morgan fingerprint density at radius 2 is 1.88 bits per heavy atom.